The number of hydrogen-bond acceptors (Lipinski definition) is 7. The monoisotopic (exact) mass is 491 g/mol. The van der Waals surface area contributed by atoms with Crippen LogP contribution in [0.25, 0.3) is 0 Å². The molecule has 0 aliphatic heterocycles. The highest BCUT2D eigenvalue weighted by molar-refractivity contribution is 5.89. The highest BCUT2D eigenvalue weighted by Crippen LogP contribution is 2.14. The first-order valence-electron chi connectivity index (χ1n) is 11.3. The van der Waals surface area contributed by atoms with Crippen molar-refractivity contribution >= 4 is 23.9 Å². The minimum absolute atomic E-state index is 0.0160. The fraction of sp³-hybridized carbons (Fsp3) is 0.520. The van der Waals surface area contributed by atoms with Gasteiger partial charge in [0.05, 0.1) is 14.2 Å². The maximum atomic E-state index is 12.9. The number of benzene rings is 1. The van der Waals surface area contributed by atoms with E-state index in [9.17, 15) is 19.2 Å². The maximum absolute atomic E-state index is 12.9. The van der Waals surface area contributed by atoms with Gasteiger partial charge in [-0.05, 0) is 51.8 Å². The number of nitrogens with zero attached hydrogens (tertiary/aromatic N) is 1. The molecule has 1 rings (SSSR count). The number of amides is 3. The standard InChI is InChI=1S/C25H37N3O7/c1-8-15-28(16-18-9-11-19(33-6)12-10-18)21(29)14-13-20(23(31)34-7)27-22(30)17(2)26-24(32)35-25(3,4)5/h8-12,17,20H,1,13-16H2,2-7H3,(H,26,32)(H,27,30)/t17-,20+/m1/s1. The summed E-state index contributed by atoms with van der Waals surface area (Å²) in [5, 5.41) is 4.95. The molecule has 0 radical (unpaired) electrons. The minimum Gasteiger partial charge on any atom is -0.497 e. The van der Waals surface area contributed by atoms with Crippen LogP contribution in [0.15, 0.2) is 36.9 Å². The molecule has 0 unspecified atom stereocenters. The van der Waals surface area contributed by atoms with Crippen molar-refractivity contribution in [3.63, 3.8) is 0 Å². The zero-order valence-corrected chi connectivity index (χ0v) is 21.4. The van der Waals surface area contributed by atoms with Crippen LogP contribution >= 0.6 is 0 Å². The normalized spacial score (nSPS) is 12.5. The third kappa shape index (κ3) is 10.9. The Morgan fingerprint density at radius 2 is 1.71 bits per heavy atom. The average molecular weight is 492 g/mol. The molecule has 0 aliphatic carbocycles. The zero-order chi connectivity index (χ0) is 26.6. The molecule has 10 heteroatoms. The lowest BCUT2D eigenvalue weighted by atomic mass is 10.1. The molecule has 194 valence electrons. The van der Waals surface area contributed by atoms with Crippen LogP contribution in [0, 0.1) is 0 Å². The summed E-state index contributed by atoms with van der Waals surface area (Å²) in [5.41, 5.74) is 0.180. The quantitative estimate of drug-likeness (QED) is 0.340. The van der Waals surface area contributed by atoms with Gasteiger partial charge < -0.3 is 29.7 Å². The molecule has 0 aromatic heterocycles. The Kier molecular flexibility index (Phi) is 11.8. The van der Waals surface area contributed by atoms with Gasteiger partial charge in [-0.1, -0.05) is 18.2 Å². The number of hydrogen-bond donors (Lipinski definition) is 2. The summed E-state index contributed by atoms with van der Waals surface area (Å²) in [4.78, 5) is 51.2. The number of alkyl carbamates (subject to hydrolysis) is 1. The van der Waals surface area contributed by atoms with Gasteiger partial charge in [0.25, 0.3) is 0 Å². The van der Waals surface area contributed by atoms with Crippen LogP contribution in [0.3, 0.4) is 0 Å². The number of nitrogens with one attached hydrogen (secondary N) is 2. The Hall–Kier alpha value is -3.56. The first kappa shape index (κ1) is 29.5. The molecule has 0 saturated heterocycles. The lowest BCUT2D eigenvalue weighted by molar-refractivity contribution is -0.145. The number of carbonyl (C=O) groups is 4. The summed E-state index contributed by atoms with van der Waals surface area (Å²) >= 11 is 0. The van der Waals surface area contributed by atoms with Crippen molar-refractivity contribution < 1.29 is 33.4 Å². The predicted molar refractivity (Wildman–Crippen MR) is 131 cm³/mol. The summed E-state index contributed by atoms with van der Waals surface area (Å²) in [6.45, 7) is 10.9. The van der Waals surface area contributed by atoms with Crippen molar-refractivity contribution in [2.45, 2.75) is 64.8 Å². The van der Waals surface area contributed by atoms with Gasteiger partial charge in [0.1, 0.15) is 23.4 Å². The van der Waals surface area contributed by atoms with Crippen LogP contribution < -0.4 is 15.4 Å². The van der Waals surface area contributed by atoms with E-state index in [2.05, 4.69) is 17.2 Å². The van der Waals surface area contributed by atoms with Crippen molar-refractivity contribution in [1.29, 1.82) is 0 Å². The minimum atomic E-state index is -1.06. The second kappa shape index (κ2) is 14.0. The van der Waals surface area contributed by atoms with Crippen LogP contribution in [0.5, 0.6) is 5.75 Å². The summed E-state index contributed by atoms with van der Waals surface area (Å²) in [7, 11) is 2.77. The molecule has 0 saturated carbocycles. The predicted octanol–water partition coefficient (Wildman–Crippen LogP) is 2.56. The second-order valence-electron chi connectivity index (χ2n) is 8.90. The molecule has 0 spiro atoms. The molecule has 0 bridgehead atoms. The molecule has 10 nitrogen and oxygen atoms in total. The molecule has 0 aliphatic rings. The van der Waals surface area contributed by atoms with Crippen molar-refractivity contribution in [3.05, 3.63) is 42.5 Å². The van der Waals surface area contributed by atoms with Gasteiger partial charge in [-0.15, -0.1) is 6.58 Å². The zero-order valence-electron chi connectivity index (χ0n) is 21.4. The third-order valence-corrected chi connectivity index (χ3v) is 4.81. The van der Waals surface area contributed by atoms with Gasteiger partial charge in [-0.25, -0.2) is 9.59 Å². The molecular weight excluding hydrogens is 454 g/mol. The topological polar surface area (TPSA) is 123 Å². The van der Waals surface area contributed by atoms with Gasteiger partial charge in [-0.3, -0.25) is 9.59 Å². The van der Waals surface area contributed by atoms with Crippen molar-refractivity contribution in [2.24, 2.45) is 0 Å². The maximum Gasteiger partial charge on any atom is 0.408 e. The molecule has 3 amide bonds. The number of ether oxygens (including phenoxy) is 3. The van der Waals surface area contributed by atoms with Gasteiger partial charge >= 0.3 is 12.1 Å². The van der Waals surface area contributed by atoms with E-state index >= 15 is 0 Å². The number of methoxy groups -OCH3 is 2. The van der Waals surface area contributed by atoms with Gasteiger partial charge in [0.2, 0.25) is 11.8 Å². The van der Waals surface area contributed by atoms with E-state index in [0.29, 0.717) is 18.8 Å². The molecule has 0 heterocycles. The first-order valence-corrected chi connectivity index (χ1v) is 11.3. The highest BCUT2D eigenvalue weighted by Gasteiger charge is 2.27. The average Bonchev–Trinajstić information content (AvgIpc) is 2.79. The van der Waals surface area contributed by atoms with E-state index in [-0.39, 0.29) is 18.7 Å². The van der Waals surface area contributed by atoms with Crippen LogP contribution in [0.1, 0.15) is 46.1 Å². The fourth-order valence-electron chi connectivity index (χ4n) is 3.03. The fourth-order valence-corrected chi connectivity index (χ4v) is 3.03. The van der Waals surface area contributed by atoms with Crippen LogP contribution in [-0.4, -0.2) is 67.2 Å². The van der Waals surface area contributed by atoms with Crippen molar-refractivity contribution in [2.75, 3.05) is 20.8 Å². The summed E-state index contributed by atoms with van der Waals surface area (Å²) in [6.07, 6.45) is 0.860. The first-order chi connectivity index (χ1) is 16.4. The van der Waals surface area contributed by atoms with Crippen molar-refractivity contribution in [1.82, 2.24) is 15.5 Å². The summed E-state index contributed by atoms with van der Waals surface area (Å²) < 4.78 is 15.1. The number of esters is 1. The Bertz CT molecular complexity index is 878. The van der Waals surface area contributed by atoms with E-state index in [1.807, 2.05) is 12.1 Å². The lowest BCUT2D eigenvalue weighted by Crippen LogP contribution is -2.51. The van der Waals surface area contributed by atoms with E-state index in [4.69, 9.17) is 14.2 Å². The Balaban J connectivity index is 2.76. The lowest BCUT2D eigenvalue weighted by Gasteiger charge is -2.24. The molecule has 1 aromatic carbocycles. The smallest absolute Gasteiger partial charge is 0.408 e. The molecule has 2 N–H and O–H groups in total. The molecule has 0 fully saturated rings. The summed E-state index contributed by atoms with van der Waals surface area (Å²) in [5.74, 6) is -0.813. The number of carbonyl (C=O) groups excluding carboxylic acids is 4. The molecule has 35 heavy (non-hydrogen) atoms. The third-order valence-electron chi connectivity index (χ3n) is 4.81. The van der Waals surface area contributed by atoms with E-state index < -0.39 is 35.7 Å². The Labute approximate surface area is 207 Å². The molecular formula is C25H37N3O7. The van der Waals surface area contributed by atoms with Gasteiger partial charge in [-0.2, -0.15) is 0 Å². The van der Waals surface area contributed by atoms with Crippen LogP contribution in [0.2, 0.25) is 0 Å². The van der Waals surface area contributed by atoms with Crippen LogP contribution in [-0.2, 0) is 30.4 Å². The summed E-state index contributed by atoms with van der Waals surface area (Å²) in [6, 6.07) is 5.30. The van der Waals surface area contributed by atoms with Crippen molar-refractivity contribution in [3.8, 4) is 5.75 Å². The van der Waals surface area contributed by atoms with Crippen LogP contribution in [0.4, 0.5) is 4.79 Å². The number of rotatable bonds is 12. The van der Waals surface area contributed by atoms with E-state index in [1.54, 1.807) is 51.0 Å². The van der Waals surface area contributed by atoms with Gasteiger partial charge in [0, 0.05) is 19.5 Å². The Morgan fingerprint density at radius 1 is 1.09 bits per heavy atom. The molecule has 2 atom stereocenters. The SMILES string of the molecule is C=CCN(Cc1ccc(OC)cc1)C(=O)CC[C@H](NC(=O)[C@@H](C)NC(=O)OC(C)(C)C)C(=O)OC. The largest absolute Gasteiger partial charge is 0.497 e. The Morgan fingerprint density at radius 3 is 2.23 bits per heavy atom. The second-order valence-corrected chi connectivity index (χ2v) is 8.90. The van der Waals surface area contributed by atoms with Gasteiger partial charge in [0.15, 0.2) is 0 Å². The molecule has 1 aromatic rings. The van der Waals surface area contributed by atoms with E-state index in [1.165, 1.54) is 14.0 Å². The highest BCUT2D eigenvalue weighted by atomic mass is 16.6. The van der Waals surface area contributed by atoms with E-state index in [0.717, 1.165) is 5.56 Å².